The van der Waals surface area contributed by atoms with Gasteiger partial charge in [-0.1, -0.05) is 59.8 Å². The number of nitrogens with zero attached hydrogens (tertiary/aromatic N) is 3. The van der Waals surface area contributed by atoms with Crippen LogP contribution in [-0.2, 0) is 16.6 Å². The van der Waals surface area contributed by atoms with Gasteiger partial charge in [-0.3, -0.25) is 0 Å². The zero-order valence-electron chi connectivity index (χ0n) is 19.8. The van der Waals surface area contributed by atoms with Gasteiger partial charge >= 0.3 is 0 Å². The Hall–Kier alpha value is -3.66. The number of hydrogen-bond acceptors (Lipinski definition) is 6. The molecule has 182 valence electrons. The fourth-order valence-electron chi connectivity index (χ4n) is 3.73. The molecular formula is C27H24N4O3S2. The summed E-state index contributed by atoms with van der Waals surface area (Å²) in [5.41, 5.74) is 4.00. The van der Waals surface area contributed by atoms with Gasteiger partial charge in [-0.25, -0.2) is 22.6 Å². The number of imidazole rings is 1. The normalized spacial score (nSPS) is 11.6. The number of ether oxygens (including phenoxy) is 1. The summed E-state index contributed by atoms with van der Waals surface area (Å²) in [4.78, 5) is 6.01. The van der Waals surface area contributed by atoms with Gasteiger partial charge in [-0.05, 0) is 55.5 Å². The Balaban J connectivity index is 1.53. The lowest BCUT2D eigenvalue weighted by Gasteiger charge is -2.10. The largest absolute Gasteiger partial charge is 0.497 e. The van der Waals surface area contributed by atoms with Crippen molar-refractivity contribution in [1.29, 1.82) is 0 Å². The van der Waals surface area contributed by atoms with Crippen LogP contribution in [0.25, 0.3) is 16.9 Å². The van der Waals surface area contributed by atoms with E-state index in [0.29, 0.717) is 22.8 Å². The third-order valence-corrected chi connectivity index (χ3v) is 7.99. The van der Waals surface area contributed by atoms with Crippen molar-refractivity contribution in [3.05, 3.63) is 102 Å². The molecule has 0 unspecified atom stereocenters. The number of methoxy groups -OCH3 is 1. The van der Waals surface area contributed by atoms with E-state index in [4.69, 9.17) is 14.8 Å². The summed E-state index contributed by atoms with van der Waals surface area (Å²) in [6.07, 6.45) is 0. The topological polar surface area (TPSA) is 85.6 Å². The Kier molecular flexibility index (Phi) is 6.77. The maximum absolute atomic E-state index is 13.1. The minimum atomic E-state index is -3.77. The zero-order valence-corrected chi connectivity index (χ0v) is 21.4. The van der Waals surface area contributed by atoms with E-state index in [2.05, 4.69) is 4.72 Å². The van der Waals surface area contributed by atoms with Crippen molar-refractivity contribution in [3.63, 3.8) is 0 Å². The fourth-order valence-corrected chi connectivity index (χ4v) is 5.51. The number of fused-ring (bicyclic) bond motifs is 1. The smallest absolute Gasteiger partial charge is 0.240 e. The second kappa shape index (κ2) is 10.1. The molecular weight excluding hydrogens is 492 g/mol. The van der Waals surface area contributed by atoms with E-state index in [1.165, 1.54) is 31.0 Å². The number of rotatable bonds is 8. The van der Waals surface area contributed by atoms with E-state index >= 15 is 0 Å². The van der Waals surface area contributed by atoms with Crippen LogP contribution in [0.15, 0.2) is 106 Å². The van der Waals surface area contributed by atoms with E-state index < -0.39 is 10.0 Å². The van der Waals surface area contributed by atoms with Crippen molar-refractivity contribution in [2.45, 2.75) is 28.3 Å². The molecule has 0 spiro atoms. The third-order valence-electron chi connectivity index (χ3n) is 5.64. The predicted octanol–water partition coefficient (Wildman–Crippen LogP) is 5.34. The lowest BCUT2D eigenvalue weighted by molar-refractivity contribution is 0.414. The summed E-state index contributed by atoms with van der Waals surface area (Å²) in [6, 6.07) is 28.0. The van der Waals surface area contributed by atoms with Gasteiger partial charge in [0.15, 0.2) is 5.65 Å². The number of nitrogens with one attached hydrogen (secondary N) is 1. The number of benzene rings is 3. The molecule has 1 N–H and O–H groups in total. The fraction of sp³-hybridized carbons (Fsp3) is 0.111. The predicted molar refractivity (Wildman–Crippen MR) is 141 cm³/mol. The Morgan fingerprint density at radius 2 is 1.64 bits per heavy atom. The van der Waals surface area contributed by atoms with Crippen LogP contribution in [0, 0.1) is 6.92 Å². The first-order chi connectivity index (χ1) is 17.4. The highest BCUT2D eigenvalue weighted by atomic mass is 32.2. The van der Waals surface area contributed by atoms with Gasteiger partial charge in [0.2, 0.25) is 10.0 Å². The molecule has 0 amide bonds. The van der Waals surface area contributed by atoms with Crippen LogP contribution in [0.2, 0.25) is 0 Å². The molecule has 0 saturated carbocycles. The number of aryl methyl sites for hydroxylation is 1. The Morgan fingerprint density at radius 3 is 2.33 bits per heavy atom. The van der Waals surface area contributed by atoms with E-state index in [9.17, 15) is 8.42 Å². The van der Waals surface area contributed by atoms with E-state index in [0.717, 1.165) is 21.0 Å². The second-order valence-corrected chi connectivity index (χ2v) is 11.0. The van der Waals surface area contributed by atoms with Gasteiger partial charge in [-0.15, -0.1) is 0 Å². The van der Waals surface area contributed by atoms with Gasteiger partial charge in [0, 0.05) is 10.5 Å². The van der Waals surface area contributed by atoms with Crippen molar-refractivity contribution in [1.82, 2.24) is 19.3 Å². The summed E-state index contributed by atoms with van der Waals surface area (Å²) < 4.78 is 35.7. The first-order valence-electron chi connectivity index (χ1n) is 11.3. The van der Waals surface area contributed by atoms with E-state index in [-0.39, 0.29) is 11.4 Å². The molecule has 5 rings (SSSR count). The lowest BCUT2D eigenvalue weighted by atomic mass is 10.1. The van der Waals surface area contributed by atoms with Crippen LogP contribution in [0.3, 0.4) is 0 Å². The van der Waals surface area contributed by atoms with Gasteiger partial charge in [0.25, 0.3) is 0 Å². The highest BCUT2D eigenvalue weighted by Crippen LogP contribution is 2.29. The average Bonchev–Trinajstić information content (AvgIpc) is 3.26. The molecule has 0 aliphatic carbocycles. The number of sulfonamides is 1. The summed E-state index contributed by atoms with van der Waals surface area (Å²) in [5, 5.41) is 5.57. The molecule has 9 heteroatoms. The van der Waals surface area contributed by atoms with E-state index in [1.807, 2.05) is 73.7 Å². The summed E-state index contributed by atoms with van der Waals surface area (Å²) in [5.74, 6) is 0.588. The molecule has 0 fully saturated rings. The SMILES string of the molecule is COc1ccc(S(=O)(=O)NCc2c(-c3ccc(C)cc3)nc3ccc(Sc4ccccc4)nn23)cc1. The quantitative estimate of drug-likeness (QED) is 0.300. The molecule has 0 radical (unpaired) electrons. The van der Waals surface area contributed by atoms with Gasteiger partial charge < -0.3 is 4.74 Å². The zero-order chi connectivity index (χ0) is 25.1. The summed E-state index contributed by atoms with van der Waals surface area (Å²) in [7, 11) is -2.24. The maximum atomic E-state index is 13.1. The van der Waals surface area contributed by atoms with Crippen molar-refractivity contribution in [2.75, 3.05) is 7.11 Å². The second-order valence-electron chi connectivity index (χ2n) is 8.13. The van der Waals surface area contributed by atoms with Crippen LogP contribution in [0.4, 0.5) is 0 Å². The molecule has 0 aliphatic rings. The van der Waals surface area contributed by atoms with Crippen LogP contribution >= 0.6 is 11.8 Å². The lowest BCUT2D eigenvalue weighted by Crippen LogP contribution is -2.24. The average molecular weight is 517 g/mol. The van der Waals surface area contributed by atoms with Crippen LogP contribution < -0.4 is 9.46 Å². The summed E-state index contributed by atoms with van der Waals surface area (Å²) >= 11 is 1.53. The van der Waals surface area contributed by atoms with Gasteiger partial charge in [-0.2, -0.15) is 5.10 Å². The molecule has 7 nitrogen and oxygen atoms in total. The van der Waals surface area contributed by atoms with Crippen molar-refractivity contribution < 1.29 is 13.2 Å². The van der Waals surface area contributed by atoms with Gasteiger partial charge in [0.05, 0.1) is 29.9 Å². The number of aromatic nitrogens is 3. The first-order valence-corrected chi connectivity index (χ1v) is 13.6. The molecule has 0 bridgehead atoms. The maximum Gasteiger partial charge on any atom is 0.240 e. The molecule has 3 aromatic carbocycles. The molecule has 36 heavy (non-hydrogen) atoms. The Morgan fingerprint density at radius 1 is 0.917 bits per heavy atom. The highest BCUT2D eigenvalue weighted by molar-refractivity contribution is 7.99. The first kappa shape index (κ1) is 24.1. The molecule has 0 saturated heterocycles. The minimum Gasteiger partial charge on any atom is -0.497 e. The molecule has 2 aromatic heterocycles. The third kappa shape index (κ3) is 5.13. The summed E-state index contributed by atoms with van der Waals surface area (Å²) in [6.45, 7) is 2.04. The van der Waals surface area contributed by atoms with Crippen molar-refractivity contribution in [2.24, 2.45) is 0 Å². The minimum absolute atomic E-state index is 0.0190. The monoisotopic (exact) mass is 516 g/mol. The molecule has 2 heterocycles. The van der Waals surface area contributed by atoms with Crippen LogP contribution in [0.5, 0.6) is 5.75 Å². The van der Waals surface area contributed by atoms with Crippen LogP contribution in [-0.4, -0.2) is 30.1 Å². The Bertz CT molecular complexity index is 1600. The molecule has 5 aromatic rings. The standard InChI is InChI=1S/C27H24N4O3S2/c1-19-8-10-20(11-9-19)27-24(18-28-36(32,33)23-14-12-21(34-2)13-15-23)31-25(29-27)16-17-26(30-31)35-22-6-4-3-5-7-22/h3-17,28H,18H2,1-2H3. The van der Waals surface area contributed by atoms with Crippen molar-refractivity contribution >= 4 is 27.4 Å². The molecule has 0 aliphatic heterocycles. The van der Waals surface area contributed by atoms with Gasteiger partial charge in [0.1, 0.15) is 10.8 Å². The van der Waals surface area contributed by atoms with Crippen molar-refractivity contribution in [3.8, 4) is 17.0 Å². The highest BCUT2D eigenvalue weighted by Gasteiger charge is 2.20. The Labute approximate surface area is 214 Å². The number of hydrogen-bond donors (Lipinski definition) is 1. The van der Waals surface area contributed by atoms with E-state index in [1.54, 1.807) is 16.6 Å². The molecule has 0 atom stereocenters. The van der Waals surface area contributed by atoms with Crippen LogP contribution in [0.1, 0.15) is 11.3 Å².